The molecule has 0 aromatic carbocycles. The lowest BCUT2D eigenvalue weighted by Gasteiger charge is -2.39. The van der Waals surface area contributed by atoms with Gasteiger partial charge in [0, 0.05) is 5.57 Å². The quantitative estimate of drug-likeness (QED) is 0.551. The Kier molecular flexibility index (Phi) is 5.46. The minimum atomic E-state index is -0.719. The molecule has 0 radical (unpaired) electrons. The molecule has 0 aliphatic heterocycles. The van der Waals surface area contributed by atoms with E-state index in [2.05, 4.69) is 11.9 Å². The Morgan fingerprint density at radius 3 is 1.86 bits per heavy atom. The Morgan fingerprint density at radius 2 is 1.64 bits per heavy atom. The molecule has 0 aromatic rings. The van der Waals surface area contributed by atoms with Gasteiger partial charge in [-0.05, 0) is 19.3 Å². The second-order valence-corrected chi connectivity index (χ2v) is 4.69. The molecule has 4 heteroatoms. The molecule has 0 fully saturated rings. The van der Waals surface area contributed by atoms with Gasteiger partial charge >= 0.3 is 0 Å². The fourth-order valence-electron chi connectivity index (χ4n) is 0.530. The van der Waals surface area contributed by atoms with Crippen LogP contribution in [-0.2, 0) is 4.79 Å². The molecule has 3 nitrogen and oxygen atoms in total. The number of halogens is 1. The van der Waals surface area contributed by atoms with Gasteiger partial charge < -0.3 is 11.1 Å². The number of hydrogen-bond donors (Lipinski definition) is 2. The molecule has 0 spiro atoms. The van der Waals surface area contributed by atoms with E-state index in [1.807, 2.05) is 20.8 Å². The fourth-order valence-corrected chi connectivity index (χ4v) is 0.530. The van der Waals surface area contributed by atoms with E-state index in [9.17, 15) is 4.79 Å². The number of nitrogens with two attached hydrogens (primary N) is 1. The summed E-state index contributed by atoms with van der Waals surface area (Å²) in [7, 11) is 0. The van der Waals surface area contributed by atoms with Crippen molar-refractivity contribution in [3.8, 4) is 0 Å². The smallest absolute Gasteiger partial charge is 0.247 e. The topological polar surface area (TPSA) is 55.1 Å². The summed E-state index contributed by atoms with van der Waals surface area (Å²) in [5.74, 6) is -0.195. The van der Waals surface area contributed by atoms with E-state index < -0.39 is 5.66 Å². The zero-order valence-electron chi connectivity index (χ0n) is 9.60. The van der Waals surface area contributed by atoms with Crippen molar-refractivity contribution in [1.82, 2.24) is 5.32 Å². The third kappa shape index (κ3) is 4.11. The molecule has 0 saturated carbocycles. The van der Waals surface area contributed by atoms with Crippen molar-refractivity contribution >= 4 is 18.3 Å². The first-order valence-corrected chi connectivity index (χ1v) is 4.35. The molecule has 0 bridgehead atoms. The molecule has 0 aliphatic rings. The van der Waals surface area contributed by atoms with Crippen molar-refractivity contribution in [3.63, 3.8) is 0 Å². The molecule has 0 aromatic heterocycles. The summed E-state index contributed by atoms with van der Waals surface area (Å²) >= 11 is 0. The standard InChI is InChI=1S/C10H20N2O.ClH/c1-7(2)8(13)12-10(6,11)9(3,4)5;/h1,11H2,2-6H3,(H,12,13);1H. The zero-order valence-corrected chi connectivity index (χ0v) is 10.4. The molecule has 0 heterocycles. The van der Waals surface area contributed by atoms with Gasteiger partial charge in [0.1, 0.15) is 0 Å². The van der Waals surface area contributed by atoms with Crippen LogP contribution in [0, 0.1) is 5.41 Å². The van der Waals surface area contributed by atoms with Gasteiger partial charge in [-0.1, -0.05) is 27.4 Å². The highest BCUT2D eigenvalue weighted by Crippen LogP contribution is 2.25. The number of hydrogen-bond acceptors (Lipinski definition) is 2. The lowest BCUT2D eigenvalue weighted by Crippen LogP contribution is -2.61. The Morgan fingerprint density at radius 1 is 1.29 bits per heavy atom. The van der Waals surface area contributed by atoms with Crippen LogP contribution in [0.2, 0.25) is 0 Å². The summed E-state index contributed by atoms with van der Waals surface area (Å²) < 4.78 is 0. The van der Waals surface area contributed by atoms with E-state index in [0.717, 1.165) is 0 Å². The minimum Gasteiger partial charge on any atom is -0.334 e. The normalized spacial score (nSPS) is 15.0. The summed E-state index contributed by atoms with van der Waals surface area (Å²) in [6, 6.07) is 0. The summed E-state index contributed by atoms with van der Waals surface area (Å²) in [5, 5.41) is 2.73. The van der Waals surface area contributed by atoms with Gasteiger partial charge in [0.2, 0.25) is 5.91 Å². The van der Waals surface area contributed by atoms with Gasteiger partial charge in [0.15, 0.2) is 0 Å². The highest BCUT2D eigenvalue weighted by molar-refractivity contribution is 5.92. The first-order chi connectivity index (χ1) is 5.58. The predicted molar refractivity (Wildman–Crippen MR) is 62.3 cm³/mol. The Labute approximate surface area is 92.5 Å². The van der Waals surface area contributed by atoms with Crippen LogP contribution in [-0.4, -0.2) is 11.6 Å². The molecule has 14 heavy (non-hydrogen) atoms. The molecule has 0 rings (SSSR count). The average Bonchev–Trinajstić information content (AvgIpc) is 1.83. The molecule has 1 unspecified atom stereocenters. The number of nitrogens with one attached hydrogen (secondary N) is 1. The van der Waals surface area contributed by atoms with Gasteiger partial charge in [0.05, 0.1) is 5.66 Å². The zero-order chi connectivity index (χ0) is 10.9. The first-order valence-electron chi connectivity index (χ1n) is 4.35. The highest BCUT2D eigenvalue weighted by atomic mass is 35.5. The van der Waals surface area contributed by atoms with E-state index in [4.69, 9.17) is 5.73 Å². The van der Waals surface area contributed by atoms with Crippen LogP contribution in [0.25, 0.3) is 0 Å². The van der Waals surface area contributed by atoms with Crippen molar-refractivity contribution in [3.05, 3.63) is 12.2 Å². The Hall–Kier alpha value is -0.540. The predicted octanol–water partition coefficient (Wildman–Crippen LogP) is 1.82. The van der Waals surface area contributed by atoms with Gasteiger partial charge in [-0.2, -0.15) is 0 Å². The molecule has 84 valence electrons. The molecular weight excluding hydrogens is 200 g/mol. The van der Waals surface area contributed by atoms with Crippen LogP contribution in [0.4, 0.5) is 0 Å². The summed E-state index contributed by atoms with van der Waals surface area (Å²) in [6.45, 7) is 12.9. The molecule has 0 aliphatic carbocycles. The van der Waals surface area contributed by atoms with E-state index in [0.29, 0.717) is 5.57 Å². The number of rotatable bonds is 2. The maximum atomic E-state index is 11.3. The third-order valence-electron chi connectivity index (χ3n) is 2.32. The molecular formula is C10H21ClN2O. The maximum Gasteiger partial charge on any atom is 0.247 e. The Bertz CT molecular complexity index is 229. The van der Waals surface area contributed by atoms with E-state index in [1.54, 1.807) is 13.8 Å². The van der Waals surface area contributed by atoms with E-state index in [1.165, 1.54) is 0 Å². The molecule has 1 amide bonds. The van der Waals surface area contributed by atoms with E-state index >= 15 is 0 Å². The van der Waals surface area contributed by atoms with Crippen molar-refractivity contribution in [2.24, 2.45) is 11.1 Å². The minimum absolute atomic E-state index is 0. The second-order valence-electron chi connectivity index (χ2n) is 4.69. The van der Waals surface area contributed by atoms with Gasteiger partial charge in [-0.25, -0.2) is 0 Å². The summed E-state index contributed by atoms with van der Waals surface area (Å²) in [6.07, 6.45) is 0. The van der Waals surface area contributed by atoms with Crippen LogP contribution in [0.3, 0.4) is 0 Å². The van der Waals surface area contributed by atoms with Crippen molar-refractivity contribution in [1.29, 1.82) is 0 Å². The Balaban J connectivity index is 0. The SMILES string of the molecule is C=C(C)C(=O)NC(C)(N)C(C)(C)C.Cl. The summed E-state index contributed by atoms with van der Waals surface area (Å²) in [4.78, 5) is 11.3. The number of amides is 1. The largest absolute Gasteiger partial charge is 0.334 e. The van der Waals surface area contributed by atoms with E-state index in [-0.39, 0.29) is 23.7 Å². The summed E-state index contributed by atoms with van der Waals surface area (Å²) in [5.41, 5.74) is 5.53. The van der Waals surface area contributed by atoms with Crippen LogP contribution < -0.4 is 11.1 Å². The van der Waals surface area contributed by atoms with Gasteiger partial charge in [-0.3, -0.25) is 4.79 Å². The van der Waals surface area contributed by atoms with Crippen molar-refractivity contribution in [2.75, 3.05) is 0 Å². The van der Waals surface area contributed by atoms with Crippen LogP contribution in [0.1, 0.15) is 34.6 Å². The monoisotopic (exact) mass is 220 g/mol. The van der Waals surface area contributed by atoms with Crippen molar-refractivity contribution in [2.45, 2.75) is 40.3 Å². The van der Waals surface area contributed by atoms with Crippen LogP contribution in [0.5, 0.6) is 0 Å². The van der Waals surface area contributed by atoms with Crippen molar-refractivity contribution < 1.29 is 4.79 Å². The highest BCUT2D eigenvalue weighted by Gasteiger charge is 2.34. The lowest BCUT2D eigenvalue weighted by molar-refractivity contribution is -0.120. The maximum absolute atomic E-state index is 11.3. The fraction of sp³-hybridized carbons (Fsp3) is 0.700. The molecule has 3 N–H and O–H groups in total. The van der Waals surface area contributed by atoms with Crippen LogP contribution in [0.15, 0.2) is 12.2 Å². The second kappa shape index (κ2) is 4.80. The average molecular weight is 221 g/mol. The molecule has 0 saturated heterocycles. The number of carbonyl (C=O) groups is 1. The number of carbonyl (C=O) groups excluding carboxylic acids is 1. The third-order valence-corrected chi connectivity index (χ3v) is 2.32. The first kappa shape index (κ1) is 15.9. The lowest BCUT2D eigenvalue weighted by atomic mass is 9.82. The van der Waals surface area contributed by atoms with Gasteiger partial charge in [-0.15, -0.1) is 12.4 Å². The molecule has 1 atom stereocenters. The van der Waals surface area contributed by atoms with Crippen LogP contribution >= 0.6 is 12.4 Å². The van der Waals surface area contributed by atoms with Gasteiger partial charge in [0.25, 0.3) is 0 Å².